The Kier molecular flexibility index (Phi) is 8.42. The summed E-state index contributed by atoms with van der Waals surface area (Å²) in [6.45, 7) is 2.02. The Bertz CT molecular complexity index is 1790. The summed E-state index contributed by atoms with van der Waals surface area (Å²) in [4.78, 5) is 42.1. The molecular weight excluding hydrogens is 576 g/mol. The number of fused-ring (bicyclic) bond motifs is 1. The van der Waals surface area contributed by atoms with Gasteiger partial charge < -0.3 is 14.8 Å². The van der Waals surface area contributed by atoms with E-state index in [1.807, 2.05) is 36.4 Å². The largest absolute Gasteiger partial charge is 0.497 e. The van der Waals surface area contributed by atoms with Gasteiger partial charge in [-0.05, 0) is 71.3 Å². The number of nitrogens with zero attached hydrogens (tertiary/aromatic N) is 3. The molecule has 0 spiro atoms. The Morgan fingerprint density at radius 3 is 2.45 bits per heavy atom. The molecule has 0 saturated heterocycles. The van der Waals surface area contributed by atoms with E-state index in [4.69, 9.17) is 14.6 Å². The number of amidine groups is 1. The van der Waals surface area contributed by atoms with Crippen molar-refractivity contribution in [2.45, 2.75) is 31.1 Å². The van der Waals surface area contributed by atoms with E-state index < -0.39 is 11.2 Å². The standard InChI is InChI=1S/C34H30N4O5S/c1-3-43-33(41)23-10-14-26(15-11-23)35-31(39)20-30-32(40)36-34(44-30)38-29(22-12-16-27(42-2)17-13-22)19-28(37-38)25-9-8-21-6-4-5-7-24(21)18-25/h4-18,29-30H,3,19-20H2,1-2H3,(H,35,39)/t29-,30-/m1/s1. The molecule has 2 atom stereocenters. The van der Waals surface area contributed by atoms with Crippen LogP contribution in [0.25, 0.3) is 10.8 Å². The first-order valence-electron chi connectivity index (χ1n) is 14.3. The molecule has 9 nitrogen and oxygen atoms in total. The monoisotopic (exact) mass is 606 g/mol. The van der Waals surface area contributed by atoms with Crippen LogP contribution in [0.5, 0.6) is 5.75 Å². The summed E-state index contributed by atoms with van der Waals surface area (Å²) < 4.78 is 10.3. The molecule has 2 heterocycles. The zero-order valence-electron chi connectivity index (χ0n) is 24.2. The molecule has 4 aromatic rings. The molecule has 10 heteroatoms. The summed E-state index contributed by atoms with van der Waals surface area (Å²) >= 11 is 1.25. The Morgan fingerprint density at radius 2 is 1.73 bits per heavy atom. The second-order valence-corrected chi connectivity index (χ2v) is 11.5. The van der Waals surface area contributed by atoms with Crippen molar-refractivity contribution < 1.29 is 23.9 Å². The number of ether oxygens (including phenoxy) is 2. The number of aliphatic imine (C=N–C) groups is 1. The number of benzene rings is 4. The molecule has 0 aliphatic carbocycles. The fraction of sp³-hybridized carbons (Fsp3) is 0.206. The fourth-order valence-corrected chi connectivity index (χ4v) is 6.27. The lowest BCUT2D eigenvalue weighted by atomic mass is 9.97. The van der Waals surface area contributed by atoms with Crippen molar-refractivity contribution in [2.24, 2.45) is 10.1 Å². The minimum atomic E-state index is -0.680. The predicted octanol–water partition coefficient (Wildman–Crippen LogP) is 6.20. The molecule has 0 saturated carbocycles. The molecule has 6 rings (SSSR count). The highest BCUT2D eigenvalue weighted by Crippen LogP contribution is 2.39. The minimum Gasteiger partial charge on any atom is -0.497 e. The second-order valence-electron chi connectivity index (χ2n) is 10.3. The number of rotatable bonds is 8. The van der Waals surface area contributed by atoms with Crippen molar-refractivity contribution in [2.75, 3.05) is 19.0 Å². The fourth-order valence-electron chi connectivity index (χ4n) is 5.20. The number of amides is 2. The van der Waals surface area contributed by atoms with Crippen LogP contribution in [0.2, 0.25) is 0 Å². The van der Waals surface area contributed by atoms with Gasteiger partial charge in [0, 0.05) is 18.5 Å². The Labute approximate surface area is 259 Å². The number of carbonyl (C=O) groups excluding carboxylic acids is 3. The van der Waals surface area contributed by atoms with E-state index in [9.17, 15) is 14.4 Å². The topological polar surface area (TPSA) is 110 Å². The number of hydrogen-bond acceptors (Lipinski definition) is 8. The summed E-state index contributed by atoms with van der Waals surface area (Å²) in [5, 5.41) is 11.6. The molecule has 0 bridgehead atoms. The average Bonchev–Trinajstić information content (AvgIpc) is 3.65. The first-order chi connectivity index (χ1) is 21.4. The van der Waals surface area contributed by atoms with Gasteiger partial charge in [0.05, 0.1) is 31.0 Å². The number of methoxy groups -OCH3 is 1. The van der Waals surface area contributed by atoms with Crippen LogP contribution in [0, 0.1) is 0 Å². The van der Waals surface area contributed by atoms with E-state index in [2.05, 4.69) is 40.6 Å². The van der Waals surface area contributed by atoms with Crippen molar-refractivity contribution in [3.63, 3.8) is 0 Å². The van der Waals surface area contributed by atoms with E-state index in [-0.39, 0.29) is 30.9 Å². The molecule has 44 heavy (non-hydrogen) atoms. The van der Waals surface area contributed by atoms with E-state index in [0.717, 1.165) is 33.4 Å². The van der Waals surface area contributed by atoms with Crippen LogP contribution in [-0.2, 0) is 14.3 Å². The predicted molar refractivity (Wildman–Crippen MR) is 172 cm³/mol. The zero-order valence-corrected chi connectivity index (χ0v) is 25.0. The van der Waals surface area contributed by atoms with Crippen molar-refractivity contribution in [3.05, 3.63) is 108 Å². The highest BCUT2D eigenvalue weighted by Gasteiger charge is 2.39. The highest BCUT2D eigenvalue weighted by atomic mass is 32.2. The van der Waals surface area contributed by atoms with Crippen LogP contribution in [0.1, 0.15) is 47.3 Å². The first-order valence-corrected chi connectivity index (χ1v) is 15.2. The summed E-state index contributed by atoms with van der Waals surface area (Å²) in [7, 11) is 1.63. The summed E-state index contributed by atoms with van der Waals surface area (Å²) in [6, 6.07) is 28.5. The summed E-state index contributed by atoms with van der Waals surface area (Å²) in [6.07, 6.45) is 0.559. The number of nitrogens with one attached hydrogen (secondary N) is 1. The third-order valence-corrected chi connectivity index (χ3v) is 8.61. The van der Waals surface area contributed by atoms with Gasteiger partial charge in [-0.3, -0.25) is 9.59 Å². The third kappa shape index (κ3) is 6.21. The lowest BCUT2D eigenvalue weighted by Gasteiger charge is -2.23. The number of thioether (sulfide) groups is 1. The SMILES string of the molecule is CCOC(=O)c1ccc(NC(=O)C[C@H]2SC(N3N=C(c4ccc5ccccc5c4)C[C@@H]3c3ccc(OC)cc3)=NC2=O)cc1. The molecule has 0 unspecified atom stereocenters. The van der Waals surface area contributed by atoms with E-state index in [0.29, 0.717) is 22.8 Å². The lowest BCUT2D eigenvalue weighted by molar-refractivity contribution is -0.121. The van der Waals surface area contributed by atoms with Gasteiger partial charge in [-0.2, -0.15) is 10.1 Å². The van der Waals surface area contributed by atoms with Crippen LogP contribution in [-0.4, -0.2) is 52.6 Å². The van der Waals surface area contributed by atoms with Crippen LogP contribution < -0.4 is 10.1 Å². The minimum absolute atomic E-state index is 0.0571. The van der Waals surface area contributed by atoms with Crippen LogP contribution in [0.4, 0.5) is 5.69 Å². The van der Waals surface area contributed by atoms with Gasteiger partial charge in [0.15, 0.2) is 5.17 Å². The summed E-state index contributed by atoms with van der Waals surface area (Å²) in [5.74, 6) is -0.382. The first kappa shape index (κ1) is 29.1. The quantitative estimate of drug-likeness (QED) is 0.238. The average molecular weight is 607 g/mol. The maximum atomic E-state index is 13.0. The maximum absolute atomic E-state index is 13.0. The van der Waals surface area contributed by atoms with Gasteiger partial charge in [0.25, 0.3) is 5.91 Å². The van der Waals surface area contributed by atoms with Crippen LogP contribution >= 0.6 is 11.8 Å². The molecule has 0 radical (unpaired) electrons. The second kappa shape index (κ2) is 12.7. The summed E-state index contributed by atoms with van der Waals surface area (Å²) in [5.41, 5.74) is 3.81. The number of hydrazone groups is 1. The molecule has 1 N–H and O–H groups in total. The molecule has 2 aliphatic heterocycles. The van der Waals surface area contributed by atoms with Gasteiger partial charge in [-0.1, -0.05) is 60.3 Å². The maximum Gasteiger partial charge on any atom is 0.338 e. The number of esters is 1. The van der Waals surface area contributed by atoms with Crippen molar-refractivity contribution in [1.82, 2.24) is 5.01 Å². The third-order valence-electron chi connectivity index (χ3n) is 7.47. The molecule has 222 valence electrons. The molecule has 2 aliphatic rings. The Hall–Kier alpha value is -4.96. The van der Waals surface area contributed by atoms with Crippen LogP contribution in [0.15, 0.2) is 101 Å². The van der Waals surface area contributed by atoms with Gasteiger partial charge in [0.1, 0.15) is 11.0 Å². The number of hydrogen-bond donors (Lipinski definition) is 1. The Morgan fingerprint density at radius 1 is 0.977 bits per heavy atom. The number of carbonyl (C=O) groups is 3. The van der Waals surface area contributed by atoms with Crippen molar-refractivity contribution in [3.8, 4) is 5.75 Å². The van der Waals surface area contributed by atoms with Gasteiger partial charge in [0.2, 0.25) is 5.91 Å². The van der Waals surface area contributed by atoms with Crippen molar-refractivity contribution in [1.29, 1.82) is 0 Å². The molecular formula is C34H30N4O5S. The molecule has 0 fully saturated rings. The number of anilines is 1. The highest BCUT2D eigenvalue weighted by molar-refractivity contribution is 8.15. The molecule has 2 amide bonds. The molecule has 4 aromatic carbocycles. The zero-order chi connectivity index (χ0) is 30.6. The van der Waals surface area contributed by atoms with E-state index in [1.165, 1.54) is 11.8 Å². The van der Waals surface area contributed by atoms with Gasteiger partial charge in [-0.15, -0.1) is 0 Å². The lowest BCUT2D eigenvalue weighted by Crippen LogP contribution is -2.25. The van der Waals surface area contributed by atoms with Gasteiger partial charge in [-0.25, -0.2) is 9.80 Å². The normalized spacial score (nSPS) is 17.8. The Balaban J connectivity index is 1.19. The smallest absolute Gasteiger partial charge is 0.338 e. The van der Waals surface area contributed by atoms with E-state index in [1.54, 1.807) is 43.3 Å². The van der Waals surface area contributed by atoms with E-state index >= 15 is 0 Å². The van der Waals surface area contributed by atoms with Crippen molar-refractivity contribution >= 4 is 56.9 Å². The molecule has 0 aromatic heterocycles. The van der Waals surface area contributed by atoms with Crippen LogP contribution in [0.3, 0.4) is 0 Å². The van der Waals surface area contributed by atoms with Gasteiger partial charge >= 0.3 is 5.97 Å².